The molecule has 2 fully saturated rings. The number of nitrogens with one attached hydrogen (secondary N) is 1. The monoisotopic (exact) mass is 421 g/mol. The lowest BCUT2D eigenvalue weighted by atomic mass is 10.0. The van der Waals surface area contributed by atoms with Crippen LogP contribution in [0.5, 0.6) is 0 Å². The quantitative estimate of drug-likeness (QED) is 0.747. The molecule has 2 aliphatic heterocycles. The molecule has 164 valence electrons. The zero-order valence-corrected chi connectivity index (χ0v) is 18.2. The Balaban J connectivity index is 1.40. The standard InChI is InChI=1S/C25H31N3O3/c1-19-4-8-21(9-5-19)23(18-27-13-15-31-16-14-27)26-24(29)17-20-6-10-22(11-7-20)28-12-2-3-25(28)30/h4-11,23H,2-3,12-18H2,1H3,(H,26,29). The SMILES string of the molecule is Cc1ccc(C(CN2CCOCC2)NC(=O)Cc2ccc(N3CCCC3=O)cc2)cc1. The van der Waals surface area contributed by atoms with Crippen molar-refractivity contribution in [3.05, 3.63) is 65.2 Å². The zero-order chi connectivity index (χ0) is 21.6. The van der Waals surface area contributed by atoms with Gasteiger partial charge in [0, 0.05) is 38.3 Å². The van der Waals surface area contributed by atoms with Gasteiger partial charge in [0.1, 0.15) is 0 Å². The number of rotatable bonds is 7. The minimum Gasteiger partial charge on any atom is -0.379 e. The predicted octanol–water partition coefficient (Wildman–Crippen LogP) is 2.85. The Labute approximate surface area is 184 Å². The molecule has 2 aliphatic rings. The van der Waals surface area contributed by atoms with Crippen LogP contribution >= 0.6 is 0 Å². The van der Waals surface area contributed by atoms with Crippen LogP contribution in [0.15, 0.2) is 48.5 Å². The molecular formula is C25H31N3O3. The number of carbonyl (C=O) groups is 2. The molecule has 0 bridgehead atoms. The Bertz CT molecular complexity index is 889. The number of amides is 2. The third-order valence-electron chi connectivity index (χ3n) is 6.05. The van der Waals surface area contributed by atoms with Crippen molar-refractivity contribution >= 4 is 17.5 Å². The predicted molar refractivity (Wildman–Crippen MR) is 121 cm³/mol. The normalized spacial score (nSPS) is 18.2. The van der Waals surface area contributed by atoms with Crippen molar-refractivity contribution in [2.45, 2.75) is 32.2 Å². The summed E-state index contributed by atoms with van der Waals surface area (Å²) in [5.41, 5.74) is 4.18. The largest absolute Gasteiger partial charge is 0.379 e. The maximum Gasteiger partial charge on any atom is 0.227 e. The summed E-state index contributed by atoms with van der Waals surface area (Å²) in [5, 5.41) is 3.24. The van der Waals surface area contributed by atoms with Gasteiger partial charge < -0.3 is 15.0 Å². The molecule has 31 heavy (non-hydrogen) atoms. The number of carbonyl (C=O) groups excluding carboxylic acids is 2. The molecule has 0 aromatic heterocycles. The highest BCUT2D eigenvalue weighted by molar-refractivity contribution is 5.95. The van der Waals surface area contributed by atoms with Gasteiger partial charge in [-0.2, -0.15) is 0 Å². The van der Waals surface area contributed by atoms with Crippen LogP contribution in [0.2, 0.25) is 0 Å². The second-order valence-electron chi connectivity index (χ2n) is 8.44. The minimum absolute atomic E-state index is 0.00355. The van der Waals surface area contributed by atoms with Gasteiger partial charge in [-0.3, -0.25) is 14.5 Å². The number of hydrogen-bond donors (Lipinski definition) is 1. The topological polar surface area (TPSA) is 61.9 Å². The second kappa shape index (κ2) is 10.1. The summed E-state index contributed by atoms with van der Waals surface area (Å²) in [7, 11) is 0. The van der Waals surface area contributed by atoms with Crippen molar-refractivity contribution < 1.29 is 14.3 Å². The van der Waals surface area contributed by atoms with E-state index in [0.29, 0.717) is 12.8 Å². The van der Waals surface area contributed by atoms with E-state index in [1.54, 1.807) is 0 Å². The first kappa shape index (κ1) is 21.5. The highest BCUT2D eigenvalue weighted by atomic mass is 16.5. The van der Waals surface area contributed by atoms with Crippen molar-refractivity contribution in [1.82, 2.24) is 10.2 Å². The fourth-order valence-electron chi connectivity index (χ4n) is 4.22. The van der Waals surface area contributed by atoms with E-state index in [4.69, 9.17) is 4.74 Å². The van der Waals surface area contributed by atoms with Gasteiger partial charge in [0.2, 0.25) is 11.8 Å². The van der Waals surface area contributed by atoms with Crippen LogP contribution < -0.4 is 10.2 Å². The molecular weight excluding hydrogens is 390 g/mol. The molecule has 2 saturated heterocycles. The van der Waals surface area contributed by atoms with E-state index in [1.165, 1.54) is 5.56 Å². The van der Waals surface area contributed by atoms with E-state index < -0.39 is 0 Å². The number of nitrogens with zero attached hydrogens (tertiary/aromatic N) is 2. The molecule has 0 radical (unpaired) electrons. The number of aryl methyl sites for hydroxylation is 1. The molecule has 0 spiro atoms. The lowest BCUT2D eigenvalue weighted by molar-refractivity contribution is -0.121. The summed E-state index contributed by atoms with van der Waals surface area (Å²) >= 11 is 0. The lowest BCUT2D eigenvalue weighted by Gasteiger charge is -2.31. The van der Waals surface area contributed by atoms with Crippen LogP contribution in [0, 0.1) is 6.92 Å². The van der Waals surface area contributed by atoms with E-state index in [2.05, 4.69) is 41.4 Å². The molecule has 4 rings (SSSR count). The van der Waals surface area contributed by atoms with Crippen molar-refractivity contribution in [3.8, 4) is 0 Å². The van der Waals surface area contributed by atoms with Crippen molar-refractivity contribution in [2.75, 3.05) is 44.3 Å². The van der Waals surface area contributed by atoms with E-state index in [9.17, 15) is 9.59 Å². The Morgan fingerprint density at radius 1 is 1.03 bits per heavy atom. The number of morpholine rings is 1. The lowest BCUT2D eigenvalue weighted by Crippen LogP contribution is -2.43. The van der Waals surface area contributed by atoms with Crippen LogP contribution in [0.3, 0.4) is 0 Å². The van der Waals surface area contributed by atoms with E-state index in [1.807, 2.05) is 29.2 Å². The number of hydrogen-bond acceptors (Lipinski definition) is 4. The molecule has 2 heterocycles. The molecule has 6 nitrogen and oxygen atoms in total. The molecule has 1 unspecified atom stereocenters. The van der Waals surface area contributed by atoms with Crippen molar-refractivity contribution in [2.24, 2.45) is 0 Å². The highest BCUT2D eigenvalue weighted by Crippen LogP contribution is 2.22. The van der Waals surface area contributed by atoms with Crippen LogP contribution in [0.4, 0.5) is 5.69 Å². The van der Waals surface area contributed by atoms with Gasteiger partial charge >= 0.3 is 0 Å². The van der Waals surface area contributed by atoms with Crippen LogP contribution in [0.1, 0.15) is 35.6 Å². The summed E-state index contributed by atoms with van der Waals surface area (Å²) in [6.45, 7) is 6.86. The molecule has 6 heteroatoms. The summed E-state index contributed by atoms with van der Waals surface area (Å²) in [6, 6.07) is 16.1. The van der Waals surface area contributed by atoms with E-state index in [-0.39, 0.29) is 17.9 Å². The molecule has 2 aromatic carbocycles. The summed E-state index contributed by atoms with van der Waals surface area (Å²) < 4.78 is 5.46. The average Bonchev–Trinajstić information content (AvgIpc) is 3.21. The third-order valence-corrected chi connectivity index (χ3v) is 6.05. The average molecular weight is 422 g/mol. The minimum atomic E-state index is -0.0623. The summed E-state index contributed by atoms with van der Waals surface area (Å²) in [5.74, 6) is 0.179. The van der Waals surface area contributed by atoms with Crippen LogP contribution in [-0.2, 0) is 20.7 Å². The van der Waals surface area contributed by atoms with E-state index in [0.717, 1.165) is 62.6 Å². The maximum absolute atomic E-state index is 12.9. The third kappa shape index (κ3) is 5.71. The molecule has 2 amide bonds. The van der Waals surface area contributed by atoms with Crippen LogP contribution in [-0.4, -0.2) is 56.1 Å². The Kier molecular flexibility index (Phi) is 6.99. The fraction of sp³-hybridized carbons (Fsp3) is 0.440. The number of ether oxygens (including phenoxy) is 1. The maximum atomic E-state index is 12.9. The second-order valence-corrected chi connectivity index (χ2v) is 8.44. The number of benzene rings is 2. The Morgan fingerprint density at radius 3 is 2.39 bits per heavy atom. The molecule has 0 saturated carbocycles. The van der Waals surface area contributed by atoms with E-state index >= 15 is 0 Å². The Morgan fingerprint density at radius 2 is 1.74 bits per heavy atom. The highest BCUT2D eigenvalue weighted by Gasteiger charge is 2.22. The van der Waals surface area contributed by atoms with Crippen molar-refractivity contribution in [3.63, 3.8) is 0 Å². The van der Waals surface area contributed by atoms with Gasteiger partial charge in [0.25, 0.3) is 0 Å². The van der Waals surface area contributed by atoms with Gasteiger partial charge in [0.15, 0.2) is 0 Å². The van der Waals surface area contributed by atoms with Gasteiger partial charge in [-0.1, -0.05) is 42.0 Å². The first-order valence-electron chi connectivity index (χ1n) is 11.1. The molecule has 0 aliphatic carbocycles. The number of anilines is 1. The van der Waals surface area contributed by atoms with Gasteiger partial charge in [-0.15, -0.1) is 0 Å². The van der Waals surface area contributed by atoms with Crippen LogP contribution in [0.25, 0.3) is 0 Å². The molecule has 1 atom stereocenters. The first-order chi connectivity index (χ1) is 15.1. The molecule has 1 N–H and O–H groups in total. The summed E-state index contributed by atoms with van der Waals surface area (Å²) in [4.78, 5) is 29.0. The van der Waals surface area contributed by atoms with Gasteiger partial charge in [-0.25, -0.2) is 0 Å². The van der Waals surface area contributed by atoms with Crippen molar-refractivity contribution in [1.29, 1.82) is 0 Å². The van der Waals surface area contributed by atoms with Gasteiger partial charge in [0.05, 0.1) is 25.7 Å². The fourth-order valence-corrected chi connectivity index (χ4v) is 4.22. The first-order valence-corrected chi connectivity index (χ1v) is 11.1. The zero-order valence-electron chi connectivity index (χ0n) is 18.2. The molecule has 2 aromatic rings. The smallest absolute Gasteiger partial charge is 0.227 e. The summed E-state index contributed by atoms with van der Waals surface area (Å²) in [6.07, 6.45) is 1.85. The van der Waals surface area contributed by atoms with Gasteiger partial charge in [-0.05, 0) is 36.6 Å². The Hall–Kier alpha value is -2.70.